The normalized spacial score (nSPS) is 11.6. The number of halogens is 1. The van der Waals surface area contributed by atoms with E-state index in [9.17, 15) is 4.79 Å². The van der Waals surface area contributed by atoms with E-state index < -0.39 is 5.97 Å². The zero-order valence-corrected chi connectivity index (χ0v) is 11.3. The van der Waals surface area contributed by atoms with Crippen molar-refractivity contribution < 1.29 is 14.3 Å². The summed E-state index contributed by atoms with van der Waals surface area (Å²) in [4.78, 5) is 10.7. The van der Waals surface area contributed by atoms with Gasteiger partial charge in [-0.15, -0.1) is 0 Å². The van der Waals surface area contributed by atoms with Gasteiger partial charge in [-0.25, -0.2) is 4.79 Å². The number of aliphatic carboxylic acids is 1. The average Bonchev–Trinajstić information content (AvgIpc) is 2.78. The first-order chi connectivity index (χ1) is 8.56. The fourth-order valence-corrected chi connectivity index (χ4v) is 1.74. The third kappa shape index (κ3) is 2.90. The molecule has 2 rings (SSSR count). The molecule has 0 saturated carbocycles. The molecule has 1 aromatic heterocycles. The Balaban J connectivity index is 2.28. The molecular weight excluding hydrogens is 296 g/mol. The maximum absolute atomic E-state index is 10.7. The van der Waals surface area contributed by atoms with Crippen LogP contribution < -0.4 is 0 Å². The van der Waals surface area contributed by atoms with Crippen LogP contribution in [0.1, 0.15) is 12.7 Å². The van der Waals surface area contributed by atoms with Crippen molar-refractivity contribution in [2.75, 3.05) is 0 Å². The maximum atomic E-state index is 10.7. The molecule has 0 unspecified atom stereocenters. The molecule has 92 valence electrons. The van der Waals surface area contributed by atoms with Crippen LogP contribution in [-0.4, -0.2) is 11.1 Å². The van der Waals surface area contributed by atoms with Crippen LogP contribution in [0.3, 0.4) is 0 Å². The van der Waals surface area contributed by atoms with Crippen molar-refractivity contribution in [2.45, 2.75) is 6.92 Å². The molecule has 1 aromatic carbocycles. The topological polar surface area (TPSA) is 50.4 Å². The number of carboxylic acids is 1. The van der Waals surface area contributed by atoms with E-state index in [-0.39, 0.29) is 5.57 Å². The quantitative estimate of drug-likeness (QED) is 0.865. The second-order valence-electron chi connectivity index (χ2n) is 3.84. The monoisotopic (exact) mass is 306 g/mol. The minimum absolute atomic E-state index is 0.242. The van der Waals surface area contributed by atoms with Crippen LogP contribution in [0.25, 0.3) is 17.4 Å². The van der Waals surface area contributed by atoms with Crippen LogP contribution >= 0.6 is 15.9 Å². The molecule has 0 aliphatic rings. The van der Waals surface area contributed by atoms with Crippen molar-refractivity contribution in [3.8, 4) is 11.3 Å². The third-order valence-corrected chi connectivity index (χ3v) is 2.98. The Bertz CT molecular complexity index is 594. The summed E-state index contributed by atoms with van der Waals surface area (Å²) in [6.07, 6.45) is 1.50. The lowest BCUT2D eigenvalue weighted by Crippen LogP contribution is -1.94. The molecule has 3 nitrogen and oxygen atoms in total. The smallest absolute Gasteiger partial charge is 0.331 e. The molecule has 4 heteroatoms. The van der Waals surface area contributed by atoms with Crippen LogP contribution in [0.5, 0.6) is 0 Å². The van der Waals surface area contributed by atoms with Crippen molar-refractivity contribution in [2.24, 2.45) is 0 Å². The summed E-state index contributed by atoms with van der Waals surface area (Å²) in [7, 11) is 0. The molecule has 0 amide bonds. The Morgan fingerprint density at radius 1 is 1.22 bits per heavy atom. The first kappa shape index (κ1) is 12.6. The molecular formula is C14H11BrO3. The van der Waals surface area contributed by atoms with E-state index >= 15 is 0 Å². The first-order valence-electron chi connectivity index (χ1n) is 5.33. The minimum atomic E-state index is -0.948. The van der Waals surface area contributed by atoms with E-state index in [2.05, 4.69) is 15.9 Å². The summed E-state index contributed by atoms with van der Waals surface area (Å²) in [6.45, 7) is 1.53. The number of furan rings is 1. The molecule has 0 fully saturated rings. The molecule has 18 heavy (non-hydrogen) atoms. The summed E-state index contributed by atoms with van der Waals surface area (Å²) in [6, 6.07) is 11.3. The zero-order valence-electron chi connectivity index (χ0n) is 9.68. The van der Waals surface area contributed by atoms with Gasteiger partial charge in [-0.3, -0.25) is 0 Å². The summed E-state index contributed by atoms with van der Waals surface area (Å²) in [5, 5.41) is 8.78. The zero-order chi connectivity index (χ0) is 13.1. The number of hydrogen-bond acceptors (Lipinski definition) is 2. The SMILES string of the molecule is C/C(=C\c1ccc(-c2ccc(Br)cc2)o1)C(=O)O. The van der Waals surface area contributed by atoms with Crippen molar-refractivity contribution in [3.63, 3.8) is 0 Å². The van der Waals surface area contributed by atoms with Crippen molar-refractivity contribution in [3.05, 3.63) is 52.2 Å². The molecule has 0 atom stereocenters. The Morgan fingerprint density at radius 2 is 1.89 bits per heavy atom. The molecule has 1 N–H and O–H groups in total. The summed E-state index contributed by atoms with van der Waals surface area (Å²) >= 11 is 3.37. The van der Waals surface area contributed by atoms with Gasteiger partial charge in [0.05, 0.1) is 0 Å². The lowest BCUT2D eigenvalue weighted by molar-refractivity contribution is -0.132. The van der Waals surface area contributed by atoms with Crippen LogP contribution in [-0.2, 0) is 4.79 Å². The lowest BCUT2D eigenvalue weighted by atomic mass is 10.2. The van der Waals surface area contributed by atoms with Gasteiger partial charge in [0.1, 0.15) is 11.5 Å². The average molecular weight is 307 g/mol. The standard InChI is InChI=1S/C14H11BrO3/c1-9(14(16)17)8-12-6-7-13(18-12)10-2-4-11(15)5-3-10/h2-8H,1H3,(H,16,17)/b9-8+. The fourth-order valence-electron chi connectivity index (χ4n) is 1.47. The maximum Gasteiger partial charge on any atom is 0.331 e. The third-order valence-electron chi connectivity index (χ3n) is 2.45. The first-order valence-corrected chi connectivity index (χ1v) is 6.13. The van der Waals surface area contributed by atoms with Crippen LogP contribution in [0.2, 0.25) is 0 Å². The number of benzene rings is 1. The van der Waals surface area contributed by atoms with Gasteiger partial charge in [-0.1, -0.05) is 28.1 Å². The van der Waals surface area contributed by atoms with E-state index in [0.717, 1.165) is 10.0 Å². The molecule has 0 aliphatic heterocycles. The summed E-state index contributed by atoms with van der Waals surface area (Å²) in [5.41, 5.74) is 1.19. The molecule has 1 heterocycles. The molecule has 0 radical (unpaired) electrons. The van der Waals surface area contributed by atoms with Gasteiger partial charge in [0, 0.05) is 15.6 Å². The second kappa shape index (κ2) is 5.23. The Morgan fingerprint density at radius 3 is 2.50 bits per heavy atom. The highest BCUT2D eigenvalue weighted by molar-refractivity contribution is 9.10. The van der Waals surface area contributed by atoms with E-state index in [1.54, 1.807) is 6.07 Å². The Kier molecular flexibility index (Phi) is 3.67. The summed E-state index contributed by atoms with van der Waals surface area (Å²) in [5.74, 6) is 0.302. The summed E-state index contributed by atoms with van der Waals surface area (Å²) < 4.78 is 6.58. The van der Waals surface area contributed by atoms with E-state index in [1.165, 1.54) is 13.0 Å². The molecule has 0 spiro atoms. The molecule has 0 aliphatic carbocycles. The van der Waals surface area contributed by atoms with Crippen molar-refractivity contribution >= 4 is 28.0 Å². The van der Waals surface area contributed by atoms with E-state index in [1.807, 2.05) is 30.3 Å². The van der Waals surface area contributed by atoms with Crippen LogP contribution in [0, 0.1) is 0 Å². The van der Waals surface area contributed by atoms with Gasteiger partial charge < -0.3 is 9.52 Å². The lowest BCUT2D eigenvalue weighted by Gasteiger charge is -1.96. The number of carboxylic acid groups (broad SMARTS) is 1. The number of hydrogen-bond donors (Lipinski definition) is 1. The fraction of sp³-hybridized carbons (Fsp3) is 0.0714. The second-order valence-corrected chi connectivity index (χ2v) is 4.76. The van der Waals surface area contributed by atoms with Gasteiger partial charge in [-0.05, 0) is 37.3 Å². The Hall–Kier alpha value is -1.81. The van der Waals surface area contributed by atoms with Crippen molar-refractivity contribution in [1.29, 1.82) is 0 Å². The predicted molar refractivity (Wildman–Crippen MR) is 73.1 cm³/mol. The largest absolute Gasteiger partial charge is 0.478 e. The van der Waals surface area contributed by atoms with Gasteiger partial charge in [-0.2, -0.15) is 0 Å². The molecule has 0 bridgehead atoms. The highest BCUT2D eigenvalue weighted by Crippen LogP contribution is 2.24. The van der Waals surface area contributed by atoms with Gasteiger partial charge in [0.25, 0.3) is 0 Å². The molecule has 0 saturated heterocycles. The van der Waals surface area contributed by atoms with E-state index in [4.69, 9.17) is 9.52 Å². The number of rotatable bonds is 3. The van der Waals surface area contributed by atoms with Gasteiger partial charge in [0.15, 0.2) is 0 Å². The highest BCUT2D eigenvalue weighted by Gasteiger charge is 2.05. The van der Waals surface area contributed by atoms with Gasteiger partial charge in [0.2, 0.25) is 0 Å². The van der Waals surface area contributed by atoms with Crippen molar-refractivity contribution in [1.82, 2.24) is 0 Å². The number of carbonyl (C=O) groups is 1. The minimum Gasteiger partial charge on any atom is -0.478 e. The van der Waals surface area contributed by atoms with E-state index in [0.29, 0.717) is 11.5 Å². The predicted octanol–water partition coefficient (Wildman–Crippen LogP) is 4.20. The van der Waals surface area contributed by atoms with Crippen LogP contribution in [0.4, 0.5) is 0 Å². The highest BCUT2D eigenvalue weighted by atomic mass is 79.9. The van der Waals surface area contributed by atoms with Crippen LogP contribution in [0.15, 0.2) is 50.9 Å². The Labute approximate surface area is 113 Å². The molecule has 2 aromatic rings. The van der Waals surface area contributed by atoms with Gasteiger partial charge >= 0.3 is 5.97 Å².